The Bertz CT molecular complexity index is 263. The molecule has 0 saturated carbocycles. The number of nitrogens with zero attached hydrogens (tertiary/aromatic N) is 1. The highest BCUT2D eigenvalue weighted by Crippen LogP contribution is 2.07. The van der Waals surface area contributed by atoms with Crippen LogP contribution in [0.5, 0.6) is 0 Å². The van der Waals surface area contributed by atoms with Gasteiger partial charge >= 0.3 is 0 Å². The Kier molecular flexibility index (Phi) is 3.49. The largest absolute Gasteiger partial charge is 0.375 e. The fourth-order valence-electron chi connectivity index (χ4n) is 0.822. The van der Waals surface area contributed by atoms with Crippen LogP contribution in [0.2, 0.25) is 0 Å². The quantitative estimate of drug-likeness (QED) is 0.638. The van der Waals surface area contributed by atoms with Crippen molar-refractivity contribution in [2.45, 2.75) is 6.54 Å². The minimum atomic E-state index is 0.346. The van der Waals surface area contributed by atoms with Crippen LogP contribution in [-0.4, -0.2) is 9.04 Å². The molecule has 0 unspecified atom stereocenters. The number of benzene rings is 1. The van der Waals surface area contributed by atoms with Gasteiger partial charge in [-0.05, 0) is 17.8 Å². The van der Waals surface area contributed by atoms with Gasteiger partial charge in [0.25, 0.3) is 0 Å². The smallest absolute Gasteiger partial charge is 0.176 e. The lowest BCUT2D eigenvalue weighted by Gasteiger charge is -2.13. The zero-order chi connectivity index (χ0) is 8.97. The number of hydrogen-bond acceptors (Lipinski definition) is 1. The topological polar surface area (TPSA) is 29.3 Å². The predicted molar refractivity (Wildman–Crippen MR) is 57.7 cm³/mol. The van der Waals surface area contributed by atoms with Crippen molar-refractivity contribution < 1.29 is 0 Å². The van der Waals surface area contributed by atoms with Crippen LogP contribution in [-0.2, 0) is 6.54 Å². The Morgan fingerprint density at radius 2 is 2.00 bits per heavy atom. The summed E-state index contributed by atoms with van der Waals surface area (Å²) in [5.74, 6) is 0. The predicted octanol–water partition coefficient (Wildman–Crippen LogP) is 2.04. The SMILES string of the molecule is NC(=S)N(Br)Cc1ccccc1. The van der Waals surface area contributed by atoms with Crippen LogP contribution < -0.4 is 5.73 Å². The molecule has 0 atom stereocenters. The molecule has 12 heavy (non-hydrogen) atoms. The molecule has 0 bridgehead atoms. The van der Waals surface area contributed by atoms with E-state index < -0.39 is 0 Å². The summed E-state index contributed by atoms with van der Waals surface area (Å²) >= 11 is 8.02. The molecule has 0 aromatic heterocycles. The molecule has 2 N–H and O–H groups in total. The van der Waals surface area contributed by atoms with Gasteiger partial charge < -0.3 is 5.73 Å². The monoisotopic (exact) mass is 244 g/mol. The van der Waals surface area contributed by atoms with Crippen molar-refractivity contribution in [1.29, 1.82) is 0 Å². The highest BCUT2D eigenvalue weighted by Gasteiger charge is 2.01. The lowest BCUT2D eigenvalue weighted by atomic mass is 10.2. The molecule has 1 rings (SSSR count). The molecule has 0 aliphatic carbocycles. The molecule has 1 aromatic rings. The molecule has 1 aromatic carbocycles. The standard InChI is InChI=1S/C8H9BrN2S/c9-11(8(10)12)6-7-4-2-1-3-5-7/h1-5H,6H2,(H2,10,12). The molecule has 0 saturated heterocycles. The maximum atomic E-state index is 5.39. The van der Waals surface area contributed by atoms with Crippen molar-refractivity contribution in [2.75, 3.05) is 0 Å². The highest BCUT2D eigenvalue weighted by atomic mass is 79.9. The minimum absolute atomic E-state index is 0.346. The second-order valence-electron chi connectivity index (χ2n) is 2.34. The highest BCUT2D eigenvalue weighted by molar-refractivity contribution is 9.07. The van der Waals surface area contributed by atoms with Crippen LogP contribution in [0.4, 0.5) is 0 Å². The van der Waals surface area contributed by atoms with Gasteiger partial charge in [0.05, 0.1) is 22.7 Å². The maximum absolute atomic E-state index is 5.39. The Morgan fingerprint density at radius 3 is 2.50 bits per heavy atom. The lowest BCUT2D eigenvalue weighted by Crippen LogP contribution is -2.26. The number of hydrogen-bond donors (Lipinski definition) is 1. The van der Waals surface area contributed by atoms with E-state index >= 15 is 0 Å². The van der Waals surface area contributed by atoms with E-state index in [1.807, 2.05) is 30.3 Å². The molecule has 0 spiro atoms. The van der Waals surface area contributed by atoms with Crippen LogP contribution in [0.1, 0.15) is 5.56 Å². The van der Waals surface area contributed by atoms with Gasteiger partial charge in [-0.1, -0.05) is 30.3 Å². The normalized spacial score (nSPS) is 9.42. The average Bonchev–Trinajstić information content (AvgIpc) is 2.06. The van der Waals surface area contributed by atoms with Gasteiger partial charge in [-0.2, -0.15) is 0 Å². The summed E-state index contributed by atoms with van der Waals surface area (Å²) in [5, 5.41) is 0.346. The molecule has 0 aliphatic heterocycles. The van der Waals surface area contributed by atoms with E-state index in [4.69, 9.17) is 18.0 Å². The summed E-state index contributed by atoms with van der Waals surface area (Å²) in [6, 6.07) is 9.98. The van der Waals surface area contributed by atoms with E-state index in [0.29, 0.717) is 11.7 Å². The molecule has 4 heteroatoms. The van der Waals surface area contributed by atoms with Gasteiger partial charge in [0.15, 0.2) is 5.11 Å². The average molecular weight is 245 g/mol. The molecule has 64 valence electrons. The third-order valence-electron chi connectivity index (χ3n) is 1.40. The molecule has 0 fully saturated rings. The van der Waals surface area contributed by atoms with Crippen LogP contribution >= 0.6 is 28.4 Å². The van der Waals surface area contributed by atoms with Gasteiger partial charge in [-0.25, -0.2) is 0 Å². The van der Waals surface area contributed by atoms with E-state index in [1.165, 1.54) is 5.56 Å². The first-order valence-corrected chi connectivity index (χ1v) is 4.58. The molecule has 2 nitrogen and oxygen atoms in total. The van der Waals surface area contributed by atoms with Crippen molar-refractivity contribution in [1.82, 2.24) is 3.93 Å². The third kappa shape index (κ3) is 2.79. The molecule has 0 heterocycles. The first kappa shape index (κ1) is 9.48. The molecular weight excluding hydrogens is 236 g/mol. The van der Waals surface area contributed by atoms with E-state index in [1.54, 1.807) is 3.93 Å². The van der Waals surface area contributed by atoms with Crippen LogP contribution in [0, 0.1) is 0 Å². The van der Waals surface area contributed by atoms with Crippen molar-refractivity contribution in [3.05, 3.63) is 35.9 Å². The van der Waals surface area contributed by atoms with Crippen LogP contribution in [0.3, 0.4) is 0 Å². The van der Waals surface area contributed by atoms with Crippen LogP contribution in [0.25, 0.3) is 0 Å². The van der Waals surface area contributed by atoms with Gasteiger partial charge in [0, 0.05) is 0 Å². The summed E-state index contributed by atoms with van der Waals surface area (Å²) in [5.41, 5.74) is 6.56. The zero-order valence-electron chi connectivity index (χ0n) is 6.40. The summed E-state index contributed by atoms with van der Waals surface area (Å²) in [4.78, 5) is 0. The van der Waals surface area contributed by atoms with Gasteiger partial charge in [-0.3, -0.25) is 3.93 Å². The number of halogens is 1. The van der Waals surface area contributed by atoms with Crippen LogP contribution in [0.15, 0.2) is 30.3 Å². The molecule has 0 aliphatic rings. The Hall–Kier alpha value is -0.610. The minimum Gasteiger partial charge on any atom is -0.375 e. The molecule has 0 amide bonds. The fraction of sp³-hybridized carbons (Fsp3) is 0.125. The summed E-state index contributed by atoms with van der Waals surface area (Å²) in [6.07, 6.45) is 0. The van der Waals surface area contributed by atoms with E-state index in [-0.39, 0.29) is 0 Å². The lowest BCUT2D eigenvalue weighted by molar-refractivity contribution is 0.697. The van der Waals surface area contributed by atoms with Gasteiger partial charge in [0.2, 0.25) is 0 Å². The van der Waals surface area contributed by atoms with Gasteiger partial charge in [-0.15, -0.1) is 0 Å². The van der Waals surface area contributed by atoms with Crippen molar-refractivity contribution in [3.63, 3.8) is 0 Å². The summed E-state index contributed by atoms with van der Waals surface area (Å²) in [7, 11) is 0. The first-order valence-electron chi connectivity index (χ1n) is 3.47. The van der Waals surface area contributed by atoms with Crippen molar-refractivity contribution in [2.24, 2.45) is 5.73 Å². The zero-order valence-corrected chi connectivity index (χ0v) is 8.81. The Morgan fingerprint density at radius 1 is 1.42 bits per heavy atom. The Labute approximate surface area is 85.7 Å². The first-order chi connectivity index (χ1) is 5.70. The second kappa shape index (κ2) is 4.42. The number of thiocarbonyl (C=S) groups is 1. The maximum Gasteiger partial charge on any atom is 0.176 e. The van der Waals surface area contributed by atoms with Gasteiger partial charge in [0.1, 0.15) is 0 Å². The summed E-state index contributed by atoms with van der Waals surface area (Å²) < 4.78 is 1.65. The van der Waals surface area contributed by atoms with Crippen molar-refractivity contribution in [3.8, 4) is 0 Å². The van der Waals surface area contributed by atoms with E-state index in [0.717, 1.165) is 0 Å². The van der Waals surface area contributed by atoms with E-state index in [2.05, 4.69) is 16.1 Å². The number of rotatable bonds is 2. The van der Waals surface area contributed by atoms with Crippen molar-refractivity contribution >= 4 is 33.5 Å². The molecule has 0 radical (unpaired) electrons. The molecular formula is C8H9BrN2S. The number of nitrogens with two attached hydrogens (primary N) is 1. The van der Waals surface area contributed by atoms with E-state index in [9.17, 15) is 0 Å². The summed E-state index contributed by atoms with van der Waals surface area (Å²) in [6.45, 7) is 0.691. The Balaban J connectivity index is 2.58. The second-order valence-corrected chi connectivity index (χ2v) is 3.62. The fourth-order valence-corrected chi connectivity index (χ4v) is 1.18. The third-order valence-corrected chi connectivity index (χ3v) is 2.49.